The molecule has 0 bridgehead atoms. The number of hydrogen-bond donors (Lipinski definition) is 1. The Bertz CT molecular complexity index is 844. The van der Waals surface area contributed by atoms with Gasteiger partial charge in [-0.25, -0.2) is 0 Å². The van der Waals surface area contributed by atoms with Crippen LogP contribution in [0.4, 0.5) is 0 Å². The van der Waals surface area contributed by atoms with E-state index in [9.17, 15) is 4.79 Å². The van der Waals surface area contributed by atoms with Crippen LogP contribution in [0.15, 0.2) is 23.4 Å². The quantitative estimate of drug-likeness (QED) is 0.472. The van der Waals surface area contributed by atoms with Crippen molar-refractivity contribution in [3.05, 3.63) is 35.2 Å². The van der Waals surface area contributed by atoms with Gasteiger partial charge in [-0.15, -0.1) is 10.2 Å². The van der Waals surface area contributed by atoms with Crippen LogP contribution in [0.25, 0.3) is 0 Å². The van der Waals surface area contributed by atoms with Gasteiger partial charge in [-0.3, -0.25) is 4.79 Å². The fraction of sp³-hybridized carbons (Fsp3) is 0.609. The first-order valence-electron chi connectivity index (χ1n) is 11.1. The van der Waals surface area contributed by atoms with E-state index in [1.807, 2.05) is 30.5 Å². The van der Waals surface area contributed by atoms with Crippen molar-refractivity contribution in [3.63, 3.8) is 0 Å². The average molecular weight is 431 g/mol. The number of nitrogens with zero attached hydrogens (tertiary/aromatic N) is 3. The van der Waals surface area contributed by atoms with Gasteiger partial charge in [-0.1, -0.05) is 55.1 Å². The molecule has 164 valence electrons. The fourth-order valence-electron chi connectivity index (χ4n) is 4.00. The summed E-state index contributed by atoms with van der Waals surface area (Å²) < 4.78 is 8.21. The largest absolute Gasteiger partial charge is 0.482 e. The van der Waals surface area contributed by atoms with E-state index in [0.717, 1.165) is 41.7 Å². The lowest BCUT2D eigenvalue weighted by molar-refractivity contribution is -0.119. The van der Waals surface area contributed by atoms with E-state index in [2.05, 4.69) is 35.4 Å². The van der Waals surface area contributed by atoms with Gasteiger partial charge in [0.05, 0.1) is 5.75 Å². The highest BCUT2D eigenvalue weighted by molar-refractivity contribution is 7.99. The van der Waals surface area contributed by atoms with Crippen molar-refractivity contribution in [2.24, 2.45) is 0 Å². The highest BCUT2D eigenvalue weighted by atomic mass is 32.2. The number of aryl methyl sites for hydroxylation is 2. The Morgan fingerprint density at radius 2 is 1.97 bits per heavy atom. The van der Waals surface area contributed by atoms with Crippen LogP contribution in [-0.4, -0.2) is 32.5 Å². The molecule has 30 heavy (non-hydrogen) atoms. The SMILES string of the molecule is CCn1c(SCC(=O)NC2CCCCCC2)nnc1C(C)Oc1ccc(C)cc1C. The number of amides is 1. The summed E-state index contributed by atoms with van der Waals surface area (Å²) in [5, 5.41) is 12.7. The summed E-state index contributed by atoms with van der Waals surface area (Å²) in [7, 11) is 0. The molecule has 1 fully saturated rings. The summed E-state index contributed by atoms with van der Waals surface area (Å²) in [5.41, 5.74) is 2.32. The van der Waals surface area contributed by atoms with E-state index in [1.165, 1.54) is 43.0 Å². The second-order valence-electron chi connectivity index (χ2n) is 8.16. The third-order valence-electron chi connectivity index (χ3n) is 5.61. The van der Waals surface area contributed by atoms with Gasteiger partial charge in [0.1, 0.15) is 5.75 Å². The smallest absolute Gasteiger partial charge is 0.230 e. The molecule has 7 heteroatoms. The molecule has 1 aromatic carbocycles. The molecule has 1 aliphatic carbocycles. The summed E-state index contributed by atoms with van der Waals surface area (Å²) >= 11 is 1.44. The number of ether oxygens (including phenoxy) is 1. The van der Waals surface area contributed by atoms with Crippen LogP contribution in [0.1, 0.15) is 75.4 Å². The number of hydrogen-bond acceptors (Lipinski definition) is 5. The van der Waals surface area contributed by atoms with E-state index in [-0.39, 0.29) is 12.0 Å². The van der Waals surface area contributed by atoms with Crippen LogP contribution in [0.2, 0.25) is 0 Å². The molecule has 1 amide bonds. The highest BCUT2D eigenvalue weighted by Gasteiger charge is 2.21. The Balaban J connectivity index is 1.59. The summed E-state index contributed by atoms with van der Waals surface area (Å²) in [5.74, 6) is 2.08. The van der Waals surface area contributed by atoms with E-state index < -0.39 is 0 Å². The molecular formula is C23H34N4O2S. The topological polar surface area (TPSA) is 69.0 Å². The lowest BCUT2D eigenvalue weighted by Gasteiger charge is -2.17. The fourth-order valence-corrected chi connectivity index (χ4v) is 4.82. The molecule has 1 N–H and O–H groups in total. The average Bonchev–Trinajstić information content (AvgIpc) is 2.96. The van der Waals surface area contributed by atoms with Crippen molar-refractivity contribution >= 4 is 17.7 Å². The molecular weight excluding hydrogens is 396 g/mol. The Hall–Kier alpha value is -2.02. The Labute approximate surface area is 184 Å². The van der Waals surface area contributed by atoms with Crippen LogP contribution in [0.3, 0.4) is 0 Å². The van der Waals surface area contributed by atoms with Crippen LogP contribution in [-0.2, 0) is 11.3 Å². The second-order valence-corrected chi connectivity index (χ2v) is 9.10. The van der Waals surface area contributed by atoms with Crippen LogP contribution in [0, 0.1) is 13.8 Å². The molecule has 2 aromatic rings. The predicted molar refractivity (Wildman–Crippen MR) is 121 cm³/mol. The van der Waals surface area contributed by atoms with Gasteiger partial charge in [0.15, 0.2) is 17.1 Å². The van der Waals surface area contributed by atoms with Gasteiger partial charge in [-0.05, 0) is 52.2 Å². The maximum atomic E-state index is 12.4. The molecule has 1 saturated carbocycles. The number of carbonyl (C=O) groups excluding carboxylic acids is 1. The Kier molecular flexibility index (Phi) is 8.19. The molecule has 0 aliphatic heterocycles. The first-order valence-corrected chi connectivity index (χ1v) is 12.1. The third kappa shape index (κ3) is 6.00. The van der Waals surface area contributed by atoms with Gasteiger partial charge >= 0.3 is 0 Å². The predicted octanol–water partition coefficient (Wildman–Crippen LogP) is 4.99. The van der Waals surface area contributed by atoms with Crippen LogP contribution < -0.4 is 10.1 Å². The molecule has 1 heterocycles. The number of rotatable bonds is 8. The molecule has 0 saturated heterocycles. The summed E-state index contributed by atoms with van der Waals surface area (Å²) in [4.78, 5) is 12.4. The van der Waals surface area contributed by atoms with Crippen molar-refractivity contribution in [2.75, 3.05) is 5.75 Å². The standard InChI is InChI=1S/C23H34N4O2S/c1-5-27-22(18(4)29-20-13-12-16(2)14-17(20)3)25-26-23(27)30-15-21(28)24-19-10-8-6-7-9-11-19/h12-14,18-19H,5-11,15H2,1-4H3,(H,24,28). The van der Waals surface area contributed by atoms with Crippen molar-refractivity contribution < 1.29 is 9.53 Å². The van der Waals surface area contributed by atoms with Crippen molar-refractivity contribution in [3.8, 4) is 5.75 Å². The highest BCUT2D eigenvalue weighted by Crippen LogP contribution is 2.27. The van der Waals surface area contributed by atoms with Crippen molar-refractivity contribution in [2.45, 2.75) is 90.1 Å². The molecule has 1 atom stereocenters. The maximum Gasteiger partial charge on any atom is 0.230 e. The Morgan fingerprint density at radius 1 is 1.23 bits per heavy atom. The van der Waals surface area contributed by atoms with Crippen molar-refractivity contribution in [1.29, 1.82) is 0 Å². The third-order valence-corrected chi connectivity index (χ3v) is 6.58. The zero-order valence-electron chi connectivity index (χ0n) is 18.6. The minimum Gasteiger partial charge on any atom is -0.482 e. The summed E-state index contributed by atoms with van der Waals surface area (Å²) in [6, 6.07) is 6.49. The summed E-state index contributed by atoms with van der Waals surface area (Å²) in [6.07, 6.45) is 6.96. The van der Waals surface area contributed by atoms with Gasteiger partial charge in [0, 0.05) is 12.6 Å². The van der Waals surface area contributed by atoms with Gasteiger partial charge in [0.25, 0.3) is 0 Å². The van der Waals surface area contributed by atoms with E-state index in [1.54, 1.807) is 0 Å². The molecule has 1 aromatic heterocycles. The number of carbonyl (C=O) groups is 1. The lowest BCUT2D eigenvalue weighted by atomic mass is 10.1. The number of aromatic nitrogens is 3. The lowest BCUT2D eigenvalue weighted by Crippen LogP contribution is -2.35. The van der Waals surface area contributed by atoms with Crippen molar-refractivity contribution in [1.82, 2.24) is 20.1 Å². The van der Waals surface area contributed by atoms with Crippen LogP contribution >= 0.6 is 11.8 Å². The van der Waals surface area contributed by atoms with E-state index in [4.69, 9.17) is 4.74 Å². The second kappa shape index (κ2) is 10.8. The first kappa shape index (κ1) is 22.7. The minimum absolute atomic E-state index is 0.0821. The monoisotopic (exact) mass is 430 g/mol. The van der Waals surface area contributed by atoms with E-state index >= 15 is 0 Å². The number of nitrogens with one attached hydrogen (secondary N) is 1. The van der Waals surface area contributed by atoms with Gasteiger partial charge < -0.3 is 14.6 Å². The maximum absolute atomic E-state index is 12.4. The molecule has 1 unspecified atom stereocenters. The van der Waals surface area contributed by atoms with E-state index in [0.29, 0.717) is 11.8 Å². The van der Waals surface area contributed by atoms with Crippen LogP contribution in [0.5, 0.6) is 5.75 Å². The normalized spacial score (nSPS) is 16.1. The number of thioether (sulfide) groups is 1. The molecule has 0 radical (unpaired) electrons. The molecule has 0 spiro atoms. The molecule has 6 nitrogen and oxygen atoms in total. The minimum atomic E-state index is -0.229. The summed E-state index contributed by atoms with van der Waals surface area (Å²) in [6.45, 7) is 8.90. The molecule has 1 aliphatic rings. The van der Waals surface area contributed by atoms with Gasteiger partial charge in [-0.2, -0.15) is 0 Å². The zero-order valence-corrected chi connectivity index (χ0v) is 19.4. The number of benzene rings is 1. The molecule has 3 rings (SSSR count). The Morgan fingerprint density at radius 3 is 2.63 bits per heavy atom. The first-order chi connectivity index (χ1) is 14.5. The van der Waals surface area contributed by atoms with Gasteiger partial charge in [0.2, 0.25) is 5.91 Å². The zero-order chi connectivity index (χ0) is 21.5.